The average Bonchev–Trinajstić information content (AvgIpc) is 0.774. The number of pyridine rings is 4. The molecule has 15 rings (SSSR count). The van der Waals surface area contributed by atoms with Crippen LogP contribution in [0.15, 0.2) is 290 Å². The van der Waals surface area contributed by atoms with Gasteiger partial charge in [0, 0.05) is 112 Å². The van der Waals surface area contributed by atoms with Crippen LogP contribution in [0.1, 0.15) is 27.9 Å². The highest BCUT2D eigenvalue weighted by Gasteiger charge is 2.22. The lowest BCUT2D eigenvalue weighted by Crippen LogP contribution is -2.12. The summed E-state index contributed by atoms with van der Waals surface area (Å²) < 4.78 is 48.0. The van der Waals surface area contributed by atoms with Gasteiger partial charge in [-0.25, -0.2) is 22.0 Å². The summed E-state index contributed by atoms with van der Waals surface area (Å²) in [4.78, 5) is 17.1. The molecule has 0 aliphatic rings. The van der Waals surface area contributed by atoms with Crippen molar-refractivity contribution in [1.29, 1.82) is 0 Å². The number of benzene rings is 8. The monoisotopic (exact) mass is 1350 g/mol. The molecule has 8 aromatic carbocycles. The lowest BCUT2D eigenvalue weighted by Gasteiger charge is -2.15. The van der Waals surface area contributed by atoms with Crippen LogP contribution in [-0.2, 0) is 39.5 Å². The first-order chi connectivity index (χ1) is 48.7. The maximum absolute atomic E-state index is 12.1. The van der Waals surface area contributed by atoms with Gasteiger partial charge in [-0.1, -0.05) is 206 Å². The van der Waals surface area contributed by atoms with Gasteiger partial charge in [-0.2, -0.15) is 0 Å². The van der Waals surface area contributed by atoms with E-state index in [1.54, 1.807) is 24.7 Å². The van der Waals surface area contributed by atoms with Gasteiger partial charge in [0.2, 0.25) is 10.0 Å². The summed E-state index contributed by atoms with van der Waals surface area (Å²) in [5.41, 5.74) is 15.8. The zero-order valence-electron chi connectivity index (χ0n) is 54.7. The first-order valence-electron chi connectivity index (χ1n) is 32.0. The Kier molecular flexibility index (Phi) is 19.9. The number of sulfone groups is 1. The first-order valence-corrected chi connectivity index (χ1v) is 35.5. The van der Waals surface area contributed by atoms with Crippen molar-refractivity contribution in [2.24, 2.45) is 5.14 Å². The Morgan fingerprint density at radius 1 is 0.370 bits per heavy atom. The lowest BCUT2D eigenvalue weighted by molar-refractivity contribution is 0.596. The second-order valence-electron chi connectivity index (χ2n) is 23.7. The largest absolute Gasteiger partial charge is 0.364 e. The summed E-state index contributed by atoms with van der Waals surface area (Å²) >= 11 is 0. The Morgan fingerprint density at radius 3 is 1.23 bits per heavy atom. The van der Waals surface area contributed by atoms with Crippen molar-refractivity contribution in [2.45, 2.75) is 43.3 Å². The molecule has 100 heavy (non-hydrogen) atoms. The molecule has 7 heterocycles. The molecule has 18 nitrogen and oxygen atoms in total. The molecule has 0 unspecified atom stereocenters. The average molecular weight is 1350 g/mol. The molecule has 0 aliphatic carbocycles. The van der Waals surface area contributed by atoms with Gasteiger partial charge in [0.15, 0.2) is 27.3 Å². The third-order valence-electron chi connectivity index (χ3n) is 16.7. The molecule has 20 heteroatoms. The number of aromatic nitrogens is 10. The standard InChI is InChI=1S/C27H23N5O2S.C27H22N4O2S.C26H21N5/c1-18-8-5-6-11-20(18)16-30-27-25-23(19-9-3-2-4-10-19)12-7-13-24(25)26(31-32-27)21-14-22(17-29-15-21)35(28,33)34;1-34(32,33)22-15-21(17-28-18-22)26-24-14-8-13-23(20-11-6-3-7-12-20)25(24)27(31-30-26)29-16-19-9-4-2-5-10-19;1-18-14-20(16-27-15-18)25-23-12-7-11-22(19-8-3-2-4-9-19)24(23)26(31-30-25)29-17-21-10-5-6-13-28-21/h2-15,17H,16H2,1H3,(H,30,32)(H2,28,33,34);2-15,17-18H,16H2,1H3,(H,29,31);2-16H,17H2,1H3,(H,29,31). The maximum atomic E-state index is 12.1. The summed E-state index contributed by atoms with van der Waals surface area (Å²) in [5.74, 6) is 2.04. The van der Waals surface area contributed by atoms with Crippen LogP contribution < -0.4 is 21.1 Å². The molecule has 0 bridgehead atoms. The van der Waals surface area contributed by atoms with Crippen molar-refractivity contribution < 1.29 is 16.8 Å². The number of rotatable bonds is 17. The van der Waals surface area contributed by atoms with Crippen LogP contribution >= 0.6 is 0 Å². The lowest BCUT2D eigenvalue weighted by atomic mass is 9.96. The third-order valence-corrected chi connectivity index (χ3v) is 18.7. The zero-order chi connectivity index (χ0) is 69.0. The number of sulfonamides is 1. The van der Waals surface area contributed by atoms with E-state index in [1.165, 1.54) is 30.3 Å². The highest BCUT2D eigenvalue weighted by atomic mass is 32.2. The molecular formula is C80H66N14O4S2. The number of primary sulfonamides is 1. The molecular weight excluding hydrogens is 1290 g/mol. The van der Waals surface area contributed by atoms with Gasteiger partial charge in [0.25, 0.3) is 0 Å². The first kappa shape index (κ1) is 66.3. The number of nitrogens with zero attached hydrogens (tertiary/aromatic N) is 10. The normalized spacial score (nSPS) is 11.3. The van der Waals surface area contributed by atoms with E-state index in [2.05, 4.69) is 164 Å². The topological polar surface area (TPSA) is 259 Å². The second-order valence-corrected chi connectivity index (χ2v) is 27.2. The molecule has 492 valence electrons. The van der Waals surface area contributed by atoms with E-state index in [9.17, 15) is 16.8 Å². The van der Waals surface area contributed by atoms with Crippen molar-refractivity contribution in [2.75, 3.05) is 22.2 Å². The molecule has 0 amide bonds. The molecule has 5 N–H and O–H groups in total. The fraction of sp³-hybridized carbons (Fsp3) is 0.0750. The molecule has 0 saturated carbocycles. The third kappa shape index (κ3) is 15.2. The predicted molar refractivity (Wildman–Crippen MR) is 398 cm³/mol. The SMILES string of the molecule is CS(=O)(=O)c1cncc(-c2nnc(NCc3ccccc3)c3c(-c4ccccc4)cccc23)c1.Cc1ccccc1CNc1nnc(-c2cncc(S(N)(=O)=O)c2)c2cccc(-c3ccccc3)c12.Cc1cncc(-c2nnc(NCc3ccccn3)c3c(-c4ccccc4)cccc23)c1. The van der Waals surface area contributed by atoms with Gasteiger partial charge in [-0.3, -0.25) is 19.9 Å². The zero-order valence-corrected chi connectivity index (χ0v) is 56.3. The molecule has 0 radical (unpaired) electrons. The van der Waals surface area contributed by atoms with E-state index in [0.29, 0.717) is 53.8 Å². The van der Waals surface area contributed by atoms with Crippen molar-refractivity contribution in [1.82, 2.24) is 50.5 Å². The number of nitrogens with two attached hydrogens (primary N) is 1. The summed E-state index contributed by atoms with van der Waals surface area (Å²) in [7, 11) is -7.32. The van der Waals surface area contributed by atoms with Crippen LogP contribution in [0.3, 0.4) is 0 Å². The fourth-order valence-corrected chi connectivity index (χ4v) is 12.9. The number of nitrogens with one attached hydrogen (secondary N) is 3. The van der Waals surface area contributed by atoms with E-state index >= 15 is 0 Å². The molecule has 15 aromatic rings. The Balaban J connectivity index is 0.000000135. The Labute approximate surface area is 579 Å². The molecule has 0 atom stereocenters. The molecule has 0 saturated heterocycles. The number of aryl methyl sites for hydroxylation is 2. The number of fused-ring (bicyclic) bond motifs is 3. The summed E-state index contributed by atoms with van der Waals surface area (Å²) in [6, 6.07) is 78.1. The van der Waals surface area contributed by atoms with E-state index in [1.807, 2.05) is 153 Å². The smallest absolute Gasteiger partial charge is 0.239 e. The predicted octanol–water partition coefficient (Wildman–Crippen LogP) is 16.0. The number of hydrogen-bond donors (Lipinski definition) is 4. The Bertz CT molecular complexity index is 5660. The summed E-state index contributed by atoms with van der Waals surface area (Å²) in [6.07, 6.45) is 12.4. The Hall–Kier alpha value is -12.4. The van der Waals surface area contributed by atoms with Crippen LogP contribution in [0.2, 0.25) is 0 Å². The minimum absolute atomic E-state index is 0.0779. The quantitative estimate of drug-likeness (QED) is 0.0660. The number of hydrogen-bond acceptors (Lipinski definition) is 17. The van der Waals surface area contributed by atoms with Gasteiger partial charge in [0.1, 0.15) is 22.0 Å². The van der Waals surface area contributed by atoms with Crippen LogP contribution in [0.25, 0.3) is 99.5 Å². The molecule has 0 fully saturated rings. The van der Waals surface area contributed by atoms with E-state index in [4.69, 9.17) is 5.14 Å². The van der Waals surface area contributed by atoms with Crippen molar-refractivity contribution in [3.05, 3.63) is 308 Å². The van der Waals surface area contributed by atoms with Crippen molar-refractivity contribution >= 4 is 69.6 Å². The summed E-state index contributed by atoms with van der Waals surface area (Å²) in [5, 5.41) is 48.5. The van der Waals surface area contributed by atoms with Gasteiger partial charge < -0.3 is 16.0 Å². The van der Waals surface area contributed by atoms with Crippen LogP contribution in [0.4, 0.5) is 17.5 Å². The molecule has 7 aromatic heterocycles. The van der Waals surface area contributed by atoms with Gasteiger partial charge in [0.05, 0.1) is 17.1 Å². The molecule has 0 spiro atoms. The van der Waals surface area contributed by atoms with E-state index in [0.717, 1.165) is 105 Å². The van der Waals surface area contributed by atoms with Gasteiger partial charge in [-0.15, -0.1) is 30.6 Å². The van der Waals surface area contributed by atoms with Crippen molar-refractivity contribution in [3.8, 4) is 67.2 Å². The highest BCUT2D eigenvalue weighted by molar-refractivity contribution is 7.90. The van der Waals surface area contributed by atoms with E-state index < -0.39 is 19.9 Å². The minimum atomic E-state index is -3.91. The second kappa shape index (κ2) is 30.0. The van der Waals surface area contributed by atoms with Crippen LogP contribution in [-0.4, -0.2) is 73.6 Å². The fourth-order valence-electron chi connectivity index (χ4n) is 11.8. The van der Waals surface area contributed by atoms with Crippen LogP contribution in [0, 0.1) is 13.8 Å². The molecule has 0 aliphatic heterocycles. The van der Waals surface area contributed by atoms with Gasteiger partial charge >= 0.3 is 0 Å². The van der Waals surface area contributed by atoms with Crippen LogP contribution in [0.5, 0.6) is 0 Å². The highest BCUT2D eigenvalue weighted by Crippen LogP contribution is 2.41. The Morgan fingerprint density at radius 2 is 0.780 bits per heavy atom. The van der Waals surface area contributed by atoms with Gasteiger partial charge in [-0.05, 0) is 99.8 Å². The van der Waals surface area contributed by atoms with Crippen molar-refractivity contribution in [3.63, 3.8) is 0 Å². The maximum Gasteiger partial charge on any atom is 0.239 e. The summed E-state index contributed by atoms with van der Waals surface area (Å²) in [6.45, 7) is 5.85. The van der Waals surface area contributed by atoms with E-state index in [-0.39, 0.29) is 9.79 Å². The number of anilines is 3. The minimum Gasteiger partial charge on any atom is -0.364 e.